The lowest BCUT2D eigenvalue weighted by Gasteiger charge is -2.23. The zero-order chi connectivity index (χ0) is 20.8. The highest BCUT2D eigenvalue weighted by molar-refractivity contribution is 6.31. The maximum absolute atomic E-state index is 12.5. The Labute approximate surface area is 176 Å². The van der Waals surface area contributed by atoms with Crippen LogP contribution < -0.4 is 10.1 Å². The molecule has 0 saturated heterocycles. The standard InChI is InChI=1S/C23H26ClNO4/c1-15-20(24)9-6-10-21(15)25-22(26)17-11-13-19(14-12-17)28-16(2)23(27)29-18-7-4-3-5-8-18/h6,9-14,16,18H,3-5,7-8H2,1-2H3,(H,25,26). The van der Waals surface area contributed by atoms with Gasteiger partial charge in [-0.2, -0.15) is 0 Å². The Morgan fingerprint density at radius 2 is 1.76 bits per heavy atom. The third kappa shape index (κ3) is 5.73. The van der Waals surface area contributed by atoms with Crippen LogP contribution in [-0.2, 0) is 9.53 Å². The third-order valence-electron chi connectivity index (χ3n) is 5.11. The summed E-state index contributed by atoms with van der Waals surface area (Å²) in [6, 6.07) is 12.0. The van der Waals surface area contributed by atoms with Gasteiger partial charge >= 0.3 is 5.97 Å². The second-order valence-corrected chi connectivity index (χ2v) is 7.76. The molecule has 1 aliphatic carbocycles. The normalized spacial score (nSPS) is 15.4. The van der Waals surface area contributed by atoms with Crippen molar-refractivity contribution >= 4 is 29.2 Å². The fourth-order valence-electron chi connectivity index (χ4n) is 3.32. The summed E-state index contributed by atoms with van der Waals surface area (Å²) >= 11 is 6.09. The third-order valence-corrected chi connectivity index (χ3v) is 5.52. The van der Waals surface area contributed by atoms with Gasteiger partial charge in [-0.25, -0.2) is 4.79 Å². The molecule has 2 aromatic rings. The van der Waals surface area contributed by atoms with Gasteiger partial charge < -0.3 is 14.8 Å². The minimum atomic E-state index is -0.703. The second-order valence-electron chi connectivity index (χ2n) is 7.35. The smallest absolute Gasteiger partial charge is 0.347 e. The Kier molecular flexibility index (Phi) is 7.15. The minimum Gasteiger partial charge on any atom is -0.479 e. The molecule has 5 nitrogen and oxygen atoms in total. The van der Waals surface area contributed by atoms with Gasteiger partial charge in [-0.1, -0.05) is 24.1 Å². The highest BCUT2D eigenvalue weighted by Gasteiger charge is 2.23. The molecule has 0 spiro atoms. The first kappa shape index (κ1) is 21.2. The van der Waals surface area contributed by atoms with Crippen LogP contribution in [0.5, 0.6) is 5.75 Å². The van der Waals surface area contributed by atoms with Crippen molar-refractivity contribution in [3.8, 4) is 5.75 Å². The van der Waals surface area contributed by atoms with E-state index in [0.717, 1.165) is 31.2 Å². The molecule has 1 amide bonds. The number of halogens is 1. The van der Waals surface area contributed by atoms with Crippen LogP contribution in [0.1, 0.15) is 54.9 Å². The van der Waals surface area contributed by atoms with E-state index in [2.05, 4.69) is 5.32 Å². The van der Waals surface area contributed by atoms with Crippen molar-refractivity contribution < 1.29 is 19.1 Å². The van der Waals surface area contributed by atoms with Gasteiger partial charge in [0.2, 0.25) is 0 Å². The monoisotopic (exact) mass is 415 g/mol. The van der Waals surface area contributed by atoms with Crippen LogP contribution in [0, 0.1) is 6.92 Å². The van der Waals surface area contributed by atoms with Gasteiger partial charge in [0.15, 0.2) is 6.10 Å². The molecule has 0 heterocycles. The van der Waals surface area contributed by atoms with E-state index in [-0.39, 0.29) is 18.0 Å². The number of hydrogen-bond acceptors (Lipinski definition) is 4. The van der Waals surface area contributed by atoms with E-state index >= 15 is 0 Å². The summed E-state index contributed by atoms with van der Waals surface area (Å²) in [5.41, 5.74) is 1.96. The largest absolute Gasteiger partial charge is 0.479 e. The van der Waals surface area contributed by atoms with Gasteiger partial charge in [-0.15, -0.1) is 0 Å². The Morgan fingerprint density at radius 1 is 1.07 bits per heavy atom. The highest BCUT2D eigenvalue weighted by atomic mass is 35.5. The topological polar surface area (TPSA) is 64.6 Å². The molecule has 1 aliphatic rings. The molecule has 0 aliphatic heterocycles. The molecule has 0 radical (unpaired) electrons. The van der Waals surface area contributed by atoms with Crippen LogP contribution >= 0.6 is 11.6 Å². The van der Waals surface area contributed by atoms with Gasteiger partial charge in [-0.05, 0) is 81.5 Å². The number of ether oxygens (including phenoxy) is 2. The van der Waals surface area contributed by atoms with E-state index in [9.17, 15) is 9.59 Å². The van der Waals surface area contributed by atoms with Crippen LogP contribution in [0.4, 0.5) is 5.69 Å². The first-order valence-electron chi connectivity index (χ1n) is 9.97. The number of hydrogen-bond donors (Lipinski definition) is 1. The molecular weight excluding hydrogens is 390 g/mol. The number of benzene rings is 2. The molecule has 154 valence electrons. The van der Waals surface area contributed by atoms with E-state index in [1.807, 2.05) is 6.92 Å². The quantitative estimate of drug-likeness (QED) is 0.628. The number of nitrogens with one attached hydrogen (secondary N) is 1. The first-order valence-corrected chi connectivity index (χ1v) is 10.4. The Morgan fingerprint density at radius 3 is 2.45 bits per heavy atom. The zero-order valence-electron chi connectivity index (χ0n) is 16.7. The van der Waals surface area contributed by atoms with Crippen LogP contribution in [0.15, 0.2) is 42.5 Å². The van der Waals surface area contributed by atoms with Gasteiger partial charge in [0.05, 0.1) is 0 Å². The van der Waals surface area contributed by atoms with Crippen molar-refractivity contribution in [1.29, 1.82) is 0 Å². The first-order chi connectivity index (χ1) is 13.9. The highest BCUT2D eigenvalue weighted by Crippen LogP contribution is 2.24. The number of carbonyl (C=O) groups excluding carboxylic acids is 2. The number of carbonyl (C=O) groups is 2. The fourth-order valence-corrected chi connectivity index (χ4v) is 3.49. The lowest BCUT2D eigenvalue weighted by Crippen LogP contribution is -2.31. The minimum absolute atomic E-state index is 0.00307. The molecule has 1 fully saturated rings. The SMILES string of the molecule is Cc1c(Cl)cccc1NC(=O)c1ccc(OC(C)C(=O)OC2CCCCC2)cc1. The van der Waals surface area contributed by atoms with E-state index in [0.29, 0.717) is 22.0 Å². The van der Waals surface area contributed by atoms with Crippen molar-refractivity contribution in [2.75, 3.05) is 5.32 Å². The molecular formula is C23H26ClNO4. The summed E-state index contributed by atoms with van der Waals surface area (Å²) in [5.74, 6) is -0.0876. The van der Waals surface area contributed by atoms with Crippen LogP contribution in [0.3, 0.4) is 0 Å². The molecule has 1 unspecified atom stereocenters. The molecule has 0 bridgehead atoms. The van der Waals surface area contributed by atoms with Crippen LogP contribution in [0.25, 0.3) is 0 Å². The van der Waals surface area contributed by atoms with Crippen LogP contribution in [0.2, 0.25) is 5.02 Å². The van der Waals surface area contributed by atoms with E-state index < -0.39 is 6.10 Å². The van der Waals surface area contributed by atoms with Gasteiger partial charge in [0, 0.05) is 16.3 Å². The number of esters is 1. The average Bonchev–Trinajstić information content (AvgIpc) is 2.72. The van der Waals surface area contributed by atoms with E-state index in [1.54, 1.807) is 49.4 Å². The van der Waals surface area contributed by atoms with Gasteiger partial charge in [-0.3, -0.25) is 4.79 Å². The molecule has 1 atom stereocenters. The molecule has 29 heavy (non-hydrogen) atoms. The number of anilines is 1. The van der Waals surface area contributed by atoms with Crippen molar-refractivity contribution in [3.63, 3.8) is 0 Å². The Balaban J connectivity index is 1.55. The molecule has 3 rings (SSSR count). The molecule has 1 saturated carbocycles. The maximum Gasteiger partial charge on any atom is 0.347 e. The lowest BCUT2D eigenvalue weighted by molar-refractivity contribution is -0.158. The second kappa shape index (κ2) is 9.79. The summed E-state index contributed by atoms with van der Waals surface area (Å²) in [4.78, 5) is 24.7. The van der Waals surface area contributed by atoms with Crippen molar-refractivity contribution in [3.05, 3.63) is 58.6 Å². The summed E-state index contributed by atoms with van der Waals surface area (Å²) in [7, 11) is 0. The Hall–Kier alpha value is -2.53. The summed E-state index contributed by atoms with van der Waals surface area (Å²) in [6.45, 7) is 3.52. The lowest BCUT2D eigenvalue weighted by atomic mass is 9.98. The summed E-state index contributed by atoms with van der Waals surface area (Å²) < 4.78 is 11.2. The molecule has 0 aromatic heterocycles. The zero-order valence-corrected chi connectivity index (χ0v) is 17.5. The average molecular weight is 416 g/mol. The van der Waals surface area contributed by atoms with E-state index in [1.165, 1.54) is 6.42 Å². The Bertz CT molecular complexity index is 860. The van der Waals surface area contributed by atoms with Crippen molar-refractivity contribution in [2.24, 2.45) is 0 Å². The summed E-state index contributed by atoms with van der Waals surface area (Å²) in [6.07, 6.45) is 4.56. The van der Waals surface area contributed by atoms with Crippen LogP contribution in [-0.4, -0.2) is 24.1 Å². The van der Waals surface area contributed by atoms with Gasteiger partial charge in [0.1, 0.15) is 11.9 Å². The predicted octanol–water partition coefficient (Wildman–Crippen LogP) is 5.54. The number of rotatable bonds is 6. The summed E-state index contributed by atoms with van der Waals surface area (Å²) in [5, 5.41) is 3.45. The number of amides is 1. The molecule has 6 heteroatoms. The molecule has 1 N–H and O–H groups in total. The predicted molar refractivity (Wildman–Crippen MR) is 114 cm³/mol. The maximum atomic E-state index is 12.5. The van der Waals surface area contributed by atoms with Crippen molar-refractivity contribution in [1.82, 2.24) is 0 Å². The fraction of sp³-hybridized carbons (Fsp3) is 0.391. The van der Waals surface area contributed by atoms with Crippen molar-refractivity contribution in [2.45, 2.75) is 58.2 Å². The van der Waals surface area contributed by atoms with E-state index in [4.69, 9.17) is 21.1 Å². The van der Waals surface area contributed by atoms with Gasteiger partial charge in [0.25, 0.3) is 5.91 Å². The molecule has 2 aromatic carbocycles.